The Labute approximate surface area is 193 Å². The van der Waals surface area contributed by atoms with Crippen molar-refractivity contribution in [2.75, 3.05) is 13.2 Å². The SMILES string of the molecule is C.C.C.C.CCCN.NCN.O=C1OC(=O)C12C(=O)OC2=O.O=[C-]O[C-]=O.[CH2-]C.[W]. The average Bonchev–Trinajstić information content (AvgIpc) is 2.58. The summed E-state index contributed by atoms with van der Waals surface area (Å²) in [6.07, 6.45) is 1.10. The van der Waals surface area contributed by atoms with Gasteiger partial charge in [0.15, 0.2) is 0 Å². The molecule has 2 aliphatic heterocycles. The molecule has 13 heteroatoms. The van der Waals surface area contributed by atoms with E-state index < -0.39 is 29.3 Å². The molecule has 30 heavy (non-hydrogen) atoms. The number of carbonyl (C=O) groups excluding carboxylic acids is 6. The van der Waals surface area contributed by atoms with Crippen LogP contribution in [0.1, 0.15) is 50.0 Å². The smallest absolute Gasteiger partial charge is 0.357 e. The van der Waals surface area contributed by atoms with Gasteiger partial charge in [0.1, 0.15) is 0 Å². The normalized spacial score (nSPS) is 12.1. The van der Waals surface area contributed by atoms with Crippen molar-refractivity contribution < 1.29 is 64.0 Å². The van der Waals surface area contributed by atoms with Crippen LogP contribution in [-0.2, 0) is 64.0 Å². The Morgan fingerprint density at radius 1 is 0.833 bits per heavy atom. The summed E-state index contributed by atoms with van der Waals surface area (Å²) in [6.45, 7) is 9.81. The first kappa shape index (κ1) is 51.0. The minimum absolute atomic E-state index is 0. The van der Waals surface area contributed by atoms with Crippen LogP contribution < -0.4 is 17.2 Å². The van der Waals surface area contributed by atoms with E-state index in [9.17, 15) is 19.2 Å². The first-order valence-corrected chi connectivity index (χ1v) is 6.59. The van der Waals surface area contributed by atoms with Crippen LogP contribution in [0.4, 0.5) is 0 Å². The summed E-state index contributed by atoms with van der Waals surface area (Å²) in [4.78, 5) is 59.6. The summed E-state index contributed by atoms with van der Waals surface area (Å²) in [6, 6.07) is 0. The van der Waals surface area contributed by atoms with Crippen molar-refractivity contribution >= 4 is 36.8 Å². The number of hydrogen-bond acceptors (Lipinski definition) is 12. The fourth-order valence-corrected chi connectivity index (χ4v) is 0.899. The molecule has 0 atom stereocenters. The van der Waals surface area contributed by atoms with Gasteiger partial charge in [-0.05, 0) is 13.0 Å². The third-order valence-electron chi connectivity index (χ3n) is 1.97. The summed E-state index contributed by atoms with van der Waals surface area (Å²) in [7, 11) is 0. The van der Waals surface area contributed by atoms with Crippen LogP contribution in [0.5, 0.6) is 0 Å². The Morgan fingerprint density at radius 2 is 1.03 bits per heavy atom. The second-order valence-corrected chi connectivity index (χ2v) is 3.40. The second-order valence-electron chi connectivity index (χ2n) is 3.40. The van der Waals surface area contributed by atoms with Crippen LogP contribution >= 0.6 is 0 Å². The minimum atomic E-state index is -2.22. The molecule has 0 aromatic heterocycles. The molecule has 2 aliphatic rings. The van der Waals surface area contributed by atoms with Gasteiger partial charge >= 0.3 is 29.3 Å². The number of carbonyl (C=O) groups is 4. The maximum absolute atomic E-state index is 10.5. The summed E-state index contributed by atoms with van der Waals surface area (Å²) in [5.41, 5.74) is 12.1. The third-order valence-corrected chi connectivity index (χ3v) is 1.97. The van der Waals surface area contributed by atoms with Gasteiger partial charge < -0.3 is 47.9 Å². The van der Waals surface area contributed by atoms with Crippen LogP contribution in [0.3, 0.4) is 0 Å². The molecule has 0 unspecified atom stereocenters. The summed E-state index contributed by atoms with van der Waals surface area (Å²) < 4.78 is 10.9. The monoisotopic (exact) mass is 610 g/mol. The number of rotatable bonds is 3. The van der Waals surface area contributed by atoms with E-state index in [0.717, 1.165) is 25.9 Å². The zero-order valence-electron chi connectivity index (χ0n) is 14.1. The molecule has 0 saturated carbocycles. The number of nitrogens with two attached hydrogens (primary N) is 3. The standard InChI is InChI=1S/C5O6.C3H9N.C2O3.C2H5.CH6N2.4CH4.W/c6-1-5(2(7)10-1)3(8)11-4(5)9;1-2-3-4;3-1-5-2-4;1-2;2-1-3;;;;;/h;2-4H2,1H3;;1H2,2H3;1-3H2;4*1H4;/q;;-2;-1;;;;;;. The van der Waals surface area contributed by atoms with Gasteiger partial charge in [0.2, 0.25) is 0 Å². The molecule has 182 valence electrons. The molecule has 1 spiro atoms. The second kappa shape index (κ2) is 31.7. The van der Waals surface area contributed by atoms with Crippen molar-refractivity contribution in [1.82, 2.24) is 0 Å². The topological polar surface area (TPSA) is 208 Å². The molecular formula is C17H36N3O9W-3. The van der Waals surface area contributed by atoms with E-state index in [2.05, 4.69) is 39.5 Å². The minimum Gasteiger partial charge on any atom is -0.783 e. The largest absolute Gasteiger partial charge is 0.783 e. The maximum Gasteiger partial charge on any atom is 0.357 e. The Morgan fingerprint density at radius 3 is 1.07 bits per heavy atom. The van der Waals surface area contributed by atoms with Gasteiger partial charge in [-0.1, -0.05) is 36.6 Å². The quantitative estimate of drug-likeness (QED) is 0.126. The first-order chi connectivity index (χ1) is 11.8. The maximum atomic E-state index is 10.5. The van der Waals surface area contributed by atoms with E-state index in [1.165, 1.54) is 0 Å². The van der Waals surface area contributed by atoms with Crippen LogP contribution in [0, 0.1) is 12.3 Å². The van der Waals surface area contributed by atoms with Crippen molar-refractivity contribution in [1.29, 1.82) is 0 Å². The Kier molecular flexibility index (Phi) is 53.9. The summed E-state index contributed by atoms with van der Waals surface area (Å²) in [5, 5.41) is 0. The van der Waals surface area contributed by atoms with Crippen LogP contribution in [0.15, 0.2) is 0 Å². The molecule has 2 heterocycles. The van der Waals surface area contributed by atoms with Gasteiger partial charge in [-0.15, -0.1) is 12.9 Å². The predicted molar refractivity (Wildman–Crippen MR) is 108 cm³/mol. The summed E-state index contributed by atoms with van der Waals surface area (Å²) >= 11 is 0. The molecule has 2 saturated heterocycles. The number of hydrogen-bond donors (Lipinski definition) is 3. The van der Waals surface area contributed by atoms with Crippen molar-refractivity contribution in [3.63, 3.8) is 0 Å². The Bertz CT molecular complexity index is 404. The molecule has 0 bridgehead atoms. The van der Waals surface area contributed by atoms with Crippen molar-refractivity contribution in [3.8, 4) is 0 Å². The van der Waals surface area contributed by atoms with Crippen LogP contribution in [-0.4, -0.2) is 50.0 Å². The van der Waals surface area contributed by atoms with Gasteiger partial charge in [0, 0.05) is 27.7 Å². The summed E-state index contributed by atoms with van der Waals surface area (Å²) in [5.74, 6) is -4.54. The molecule has 0 aromatic rings. The van der Waals surface area contributed by atoms with Gasteiger partial charge in [-0.3, -0.25) is 0 Å². The fraction of sp³-hybridized carbons (Fsp3) is 0.588. The molecule has 0 aliphatic carbocycles. The van der Waals surface area contributed by atoms with E-state index in [4.69, 9.17) is 15.3 Å². The molecule has 2 fully saturated rings. The van der Waals surface area contributed by atoms with Gasteiger partial charge in [0.05, 0.1) is 0 Å². The van der Waals surface area contributed by atoms with E-state index in [1.807, 2.05) is 0 Å². The molecule has 12 nitrogen and oxygen atoms in total. The molecule has 0 amide bonds. The van der Waals surface area contributed by atoms with Crippen LogP contribution in [0.25, 0.3) is 0 Å². The average molecular weight is 610 g/mol. The van der Waals surface area contributed by atoms with Crippen molar-refractivity contribution in [2.45, 2.75) is 50.0 Å². The van der Waals surface area contributed by atoms with Gasteiger partial charge in [0.25, 0.3) is 0 Å². The number of ether oxygens (including phenoxy) is 3. The van der Waals surface area contributed by atoms with Crippen molar-refractivity contribution in [3.05, 3.63) is 6.92 Å². The van der Waals surface area contributed by atoms with Crippen LogP contribution in [0.2, 0.25) is 0 Å². The van der Waals surface area contributed by atoms with E-state index in [0.29, 0.717) is 0 Å². The van der Waals surface area contributed by atoms with E-state index in [1.54, 1.807) is 6.92 Å². The number of esters is 4. The predicted octanol–water partition coefficient (Wildman–Crippen LogP) is -0.124. The molecule has 6 N–H and O–H groups in total. The molecular weight excluding hydrogens is 574 g/mol. The third kappa shape index (κ3) is 14.9. The van der Waals surface area contributed by atoms with Gasteiger partial charge in [-0.2, -0.15) is 6.92 Å². The Balaban J connectivity index is -0.0000000373. The fourth-order valence-electron chi connectivity index (χ4n) is 0.899. The zero-order valence-corrected chi connectivity index (χ0v) is 17.1. The van der Waals surface area contributed by atoms with E-state index in [-0.39, 0.29) is 57.4 Å². The zero-order chi connectivity index (χ0) is 20.5. The first-order valence-electron chi connectivity index (χ1n) is 6.59. The molecule has 0 radical (unpaired) electrons. The number of cyclic esters (lactones) is 4. The molecule has 0 aromatic carbocycles. The van der Waals surface area contributed by atoms with E-state index >= 15 is 0 Å². The van der Waals surface area contributed by atoms with Gasteiger partial charge in [-0.25, -0.2) is 19.2 Å². The van der Waals surface area contributed by atoms with Crippen molar-refractivity contribution in [2.24, 2.45) is 22.6 Å². The Hall–Kier alpha value is -2.01. The molecule has 2 rings (SSSR count).